The minimum atomic E-state index is 0. The minimum Gasteiger partial charge on any atom is -0.493 e. The fourth-order valence-corrected chi connectivity index (χ4v) is 4.57. The van der Waals surface area contributed by atoms with Gasteiger partial charge in [0.05, 0.1) is 6.61 Å². The Morgan fingerprint density at radius 2 is 1.80 bits per heavy atom. The molecule has 2 saturated heterocycles. The maximum Gasteiger partial charge on any atom is 0.253 e. The van der Waals surface area contributed by atoms with Crippen LogP contribution in [0.4, 0.5) is 0 Å². The summed E-state index contributed by atoms with van der Waals surface area (Å²) in [4.78, 5) is 14.9. The number of amides is 1. The van der Waals surface area contributed by atoms with Crippen molar-refractivity contribution in [3.05, 3.63) is 29.3 Å². The highest BCUT2D eigenvalue weighted by molar-refractivity contribution is 5.94. The van der Waals surface area contributed by atoms with E-state index in [-0.39, 0.29) is 18.3 Å². The maximum absolute atomic E-state index is 12.8. The fraction of sp³-hybridized carbons (Fsp3) is 0.650. The Bertz CT molecular complexity index is 593. The molecule has 4 nitrogen and oxygen atoms in total. The van der Waals surface area contributed by atoms with Crippen molar-refractivity contribution >= 4 is 18.3 Å². The van der Waals surface area contributed by atoms with Gasteiger partial charge in [0.15, 0.2) is 0 Å². The van der Waals surface area contributed by atoms with Crippen LogP contribution in [0.5, 0.6) is 5.75 Å². The van der Waals surface area contributed by atoms with E-state index in [2.05, 4.69) is 16.3 Å². The van der Waals surface area contributed by atoms with Crippen LogP contribution in [0.1, 0.15) is 48.0 Å². The van der Waals surface area contributed by atoms with Gasteiger partial charge in [0.2, 0.25) is 0 Å². The van der Waals surface area contributed by atoms with Crippen LogP contribution in [-0.4, -0.2) is 43.6 Å². The summed E-state index contributed by atoms with van der Waals surface area (Å²) in [5.41, 5.74) is 2.02. The van der Waals surface area contributed by atoms with Crippen molar-refractivity contribution in [2.24, 2.45) is 11.8 Å². The molecule has 5 heteroatoms. The lowest BCUT2D eigenvalue weighted by atomic mass is 9.79. The Morgan fingerprint density at radius 3 is 2.56 bits per heavy atom. The molecule has 0 unspecified atom stereocenters. The van der Waals surface area contributed by atoms with Gasteiger partial charge in [0, 0.05) is 18.7 Å². The third-order valence-electron chi connectivity index (χ3n) is 6.03. The molecule has 138 valence electrons. The summed E-state index contributed by atoms with van der Waals surface area (Å²) >= 11 is 0. The molecule has 0 radical (unpaired) electrons. The number of halogens is 1. The van der Waals surface area contributed by atoms with E-state index in [1.165, 1.54) is 44.3 Å². The van der Waals surface area contributed by atoms with Crippen molar-refractivity contribution in [1.29, 1.82) is 0 Å². The Kier molecular flexibility index (Phi) is 6.24. The Morgan fingerprint density at radius 1 is 1.08 bits per heavy atom. The van der Waals surface area contributed by atoms with Crippen LogP contribution in [0.3, 0.4) is 0 Å². The SMILES string of the molecule is Cl.O=C(c1ccc2c(c1)CCCO2)N1CCC(C2CCNCC2)CC1. The van der Waals surface area contributed by atoms with E-state index in [0.29, 0.717) is 0 Å². The fourth-order valence-electron chi connectivity index (χ4n) is 4.57. The second kappa shape index (κ2) is 8.41. The standard InChI is InChI=1S/C20H28N2O2.ClH/c23-20(18-3-4-19-17(14-18)2-1-13-24-19)22-11-7-16(8-12-22)15-5-9-21-10-6-15;/h3-4,14-16,21H,1-2,5-13H2;1H. The van der Waals surface area contributed by atoms with Crippen LogP contribution in [0.25, 0.3) is 0 Å². The number of piperidine rings is 2. The highest BCUT2D eigenvalue weighted by Crippen LogP contribution is 2.32. The van der Waals surface area contributed by atoms with Gasteiger partial charge in [-0.05, 0) is 87.2 Å². The van der Waals surface area contributed by atoms with Gasteiger partial charge in [-0.3, -0.25) is 4.79 Å². The summed E-state index contributed by atoms with van der Waals surface area (Å²) in [6.07, 6.45) is 7.03. The van der Waals surface area contributed by atoms with E-state index in [9.17, 15) is 4.79 Å². The predicted octanol–water partition coefficient (Wildman–Crippen LogP) is 3.29. The monoisotopic (exact) mass is 364 g/mol. The van der Waals surface area contributed by atoms with E-state index in [1.54, 1.807) is 0 Å². The van der Waals surface area contributed by atoms with E-state index in [0.717, 1.165) is 55.7 Å². The molecule has 25 heavy (non-hydrogen) atoms. The first kappa shape index (κ1) is 18.5. The summed E-state index contributed by atoms with van der Waals surface area (Å²) in [6.45, 7) is 4.97. The van der Waals surface area contributed by atoms with Gasteiger partial charge < -0.3 is 15.0 Å². The highest BCUT2D eigenvalue weighted by Gasteiger charge is 2.29. The second-order valence-corrected chi connectivity index (χ2v) is 7.49. The van der Waals surface area contributed by atoms with Crippen molar-refractivity contribution in [1.82, 2.24) is 10.2 Å². The summed E-state index contributed by atoms with van der Waals surface area (Å²) < 4.78 is 5.65. The average Bonchev–Trinajstić information content (AvgIpc) is 2.68. The number of fused-ring (bicyclic) bond motifs is 1. The van der Waals surface area contributed by atoms with Crippen molar-refractivity contribution in [3.8, 4) is 5.75 Å². The molecule has 0 bridgehead atoms. The number of aryl methyl sites for hydroxylation is 1. The molecule has 2 fully saturated rings. The first-order chi connectivity index (χ1) is 11.8. The maximum atomic E-state index is 12.8. The molecule has 1 aromatic carbocycles. The topological polar surface area (TPSA) is 41.6 Å². The number of hydrogen-bond acceptors (Lipinski definition) is 3. The Hall–Kier alpha value is -1.26. The summed E-state index contributed by atoms with van der Waals surface area (Å²) in [5, 5.41) is 3.45. The van der Waals surface area contributed by atoms with Crippen LogP contribution in [-0.2, 0) is 6.42 Å². The van der Waals surface area contributed by atoms with Crippen LogP contribution < -0.4 is 10.1 Å². The van der Waals surface area contributed by atoms with E-state index in [4.69, 9.17) is 4.74 Å². The molecule has 4 rings (SSSR count). The normalized spacial score (nSPS) is 21.8. The van der Waals surface area contributed by atoms with Crippen LogP contribution >= 0.6 is 12.4 Å². The number of carbonyl (C=O) groups excluding carboxylic acids is 1. The number of benzene rings is 1. The largest absolute Gasteiger partial charge is 0.493 e. The molecular weight excluding hydrogens is 336 g/mol. The van der Waals surface area contributed by atoms with Crippen molar-refractivity contribution in [3.63, 3.8) is 0 Å². The molecular formula is C20H29ClN2O2. The second-order valence-electron chi connectivity index (χ2n) is 7.49. The van der Waals surface area contributed by atoms with E-state index < -0.39 is 0 Å². The van der Waals surface area contributed by atoms with Crippen molar-refractivity contribution in [2.45, 2.75) is 38.5 Å². The van der Waals surface area contributed by atoms with Crippen LogP contribution in [0, 0.1) is 11.8 Å². The van der Waals surface area contributed by atoms with Crippen molar-refractivity contribution in [2.75, 3.05) is 32.8 Å². The lowest BCUT2D eigenvalue weighted by Gasteiger charge is -2.38. The van der Waals surface area contributed by atoms with Gasteiger partial charge in [-0.2, -0.15) is 0 Å². The van der Waals surface area contributed by atoms with Gasteiger partial charge in [-0.25, -0.2) is 0 Å². The highest BCUT2D eigenvalue weighted by atomic mass is 35.5. The molecule has 3 aliphatic heterocycles. The van der Waals surface area contributed by atoms with Gasteiger partial charge in [0.25, 0.3) is 5.91 Å². The summed E-state index contributed by atoms with van der Waals surface area (Å²) in [6, 6.07) is 5.96. The van der Waals surface area contributed by atoms with Crippen LogP contribution in [0.15, 0.2) is 18.2 Å². The van der Waals surface area contributed by atoms with E-state index >= 15 is 0 Å². The molecule has 0 spiro atoms. The lowest BCUT2D eigenvalue weighted by molar-refractivity contribution is 0.0642. The number of rotatable bonds is 2. The lowest BCUT2D eigenvalue weighted by Crippen LogP contribution is -2.42. The number of hydrogen-bond donors (Lipinski definition) is 1. The Balaban J connectivity index is 0.00000182. The Labute approximate surface area is 156 Å². The zero-order valence-corrected chi connectivity index (χ0v) is 15.7. The third-order valence-corrected chi connectivity index (χ3v) is 6.03. The molecule has 1 N–H and O–H groups in total. The van der Waals surface area contributed by atoms with Gasteiger partial charge in [-0.15, -0.1) is 12.4 Å². The number of nitrogens with one attached hydrogen (secondary N) is 1. The van der Waals surface area contributed by atoms with Gasteiger partial charge in [-0.1, -0.05) is 0 Å². The minimum absolute atomic E-state index is 0. The summed E-state index contributed by atoms with van der Waals surface area (Å²) in [5.74, 6) is 2.84. The predicted molar refractivity (Wildman–Crippen MR) is 102 cm³/mol. The van der Waals surface area contributed by atoms with Crippen LogP contribution in [0.2, 0.25) is 0 Å². The number of likely N-dealkylation sites (tertiary alicyclic amines) is 1. The molecule has 0 saturated carbocycles. The average molecular weight is 365 g/mol. The molecule has 0 atom stereocenters. The third kappa shape index (κ3) is 4.12. The quantitative estimate of drug-likeness (QED) is 0.875. The number of carbonyl (C=O) groups is 1. The number of ether oxygens (including phenoxy) is 1. The van der Waals surface area contributed by atoms with E-state index in [1.807, 2.05) is 12.1 Å². The zero-order valence-electron chi connectivity index (χ0n) is 14.8. The molecule has 1 amide bonds. The molecule has 0 aromatic heterocycles. The smallest absolute Gasteiger partial charge is 0.253 e. The molecule has 3 heterocycles. The number of nitrogens with zero attached hydrogens (tertiary/aromatic N) is 1. The molecule has 1 aromatic rings. The molecule has 3 aliphatic rings. The summed E-state index contributed by atoms with van der Waals surface area (Å²) in [7, 11) is 0. The first-order valence-corrected chi connectivity index (χ1v) is 9.57. The molecule has 0 aliphatic carbocycles. The zero-order chi connectivity index (χ0) is 16.4. The van der Waals surface area contributed by atoms with Gasteiger partial charge >= 0.3 is 0 Å². The van der Waals surface area contributed by atoms with Crippen molar-refractivity contribution < 1.29 is 9.53 Å². The van der Waals surface area contributed by atoms with Gasteiger partial charge in [0.1, 0.15) is 5.75 Å². The first-order valence-electron chi connectivity index (χ1n) is 9.57.